The minimum Gasteiger partial charge on any atom is -0.485 e. The average molecular weight is 299 g/mol. The summed E-state index contributed by atoms with van der Waals surface area (Å²) in [4.78, 5) is 0. The van der Waals surface area contributed by atoms with E-state index in [1.54, 1.807) is 0 Å². The zero-order valence-corrected chi connectivity index (χ0v) is 12.6. The van der Waals surface area contributed by atoms with E-state index < -0.39 is 11.6 Å². The van der Waals surface area contributed by atoms with Crippen LogP contribution in [0.5, 0.6) is 5.75 Å². The first-order valence-corrected chi connectivity index (χ1v) is 7.48. The van der Waals surface area contributed by atoms with Crippen LogP contribution >= 0.6 is 0 Å². The zero-order chi connectivity index (χ0) is 15.2. The highest BCUT2D eigenvalue weighted by Crippen LogP contribution is 2.24. The topological polar surface area (TPSA) is 30.5 Å². The molecule has 3 nitrogen and oxygen atoms in total. The lowest BCUT2D eigenvalue weighted by Crippen LogP contribution is -2.16. The minimum absolute atomic E-state index is 0.139. The second kappa shape index (κ2) is 7.71. The summed E-state index contributed by atoms with van der Waals surface area (Å²) in [7, 11) is 0. The number of rotatable bonds is 9. The van der Waals surface area contributed by atoms with Crippen molar-refractivity contribution < 1.29 is 18.3 Å². The Hall–Kier alpha value is -1.20. The van der Waals surface area contributed by atoms with Crippen LogP contribution in [-0.4, -0.2) is 25.9 Å². The van der Waals surface area contributed by atoms with Gasteiger partial charge in [-0.05, 0) is 36.5 Å². The Morgan fingerprint density at radius 2 is 1.86 bits per heavy atom. The van der Waals surface area contributed by atoms with Crippen LogP contribution in [0.25, 0.3) is 0 Å². The summed E-state index contributed by atoms with van der Waals surface area (Å²) >= 11 is 0. The second-order valence-electron chi connectivity index (χ2n) is 5.86. The molecule has 0 saturated heterocycles. The Labute approximate surface area is 124 Å². The molecular formula is C16H23F2NO2. The fourth-order valence-electron chi connectivity index (χ4n) is 1.92. The van der Waals surface area contributed by atoms with Crippen LogP contribution in [0, 0.1) is 17.6 Å². The number of hydrogen-bond donors (Lipinski definition) is 1. The Morgan fingerprint density at radius 1 is 1.19 bits per heavy atom. The molecule has 0 unspecified atom stereocenters. The van der Waals surface area contributed by atoms with E-state index in [9.17, 15) is 8.78 Å². The van der Waals surface area contributed by atoms with Crippen molar-refractivity contribution in [2.45, 2.75) is 39.3 Å². The molecular weight excluding hydrogens is 276 g/mol. The number of benzene rings is 1. The summed E-state index contributed by atoms with van der Waals surface area (Å²) in [5.41, 5.74) is 0.598. The van der Waals surface area contributed by atoms with Gasteiger partial charge in [0.25, 0.3) is 0 Å². The molecule has 21 heavy (non-hydrogen) atoms. The van der Waals surface area contributed by atoms with Crippen LogP contribution in [-0.2, 0) is 11.3 Å². The van der Waals surface area contributed by atoms with E-state index in [0.29, 0.717) is 37.3 Å². The van der Waals surface area contributed by atoms with Crippen LogP contribution in [0.15, 0.2) is 12.1 Å². The molecule has 1 aliphatic rings. The molecule has 0 bridgehead atoms. The van der Waals surface area contributed by atoms with Crippen molar-refractivity contribution in [2.24, 2.45) is 5.92 Å². The largest absolute Gasteiger partial charge is 0.485 e. The molecule has 0 radical (unpaired) electrons. The highest BCUT2D eigenvalue weighted by Gasteiger charge is 2.20. The summed E-state index contributed by atoms with van der Waals surface area (Å²) in [6.07, 6.45) is 2.28. The standard InChI is InChI=1S/C16H23F2NO2/c1-11(2)10-20-5-6-21-16-14(17)7-12(8-15(16)18)9-19-13-3-4-13/h7-8,11,13,19H,3-6,9-10H2,1-2H3. The molecule has 0 aliphatic heterocycles. The van der Waals surface area contributed by atoms with Crippen molar-refractivity contribution in [3.05, 3.63) is 29.3 Å². The van der Waals surface area contributed by atoms with Gasteiger partial charge in [0.1, 0.15) is 6.61 Å². The summed E-state index contributed by atoms with van der Waals surface area (Å²) in [6.45, 7) is 5.63. The quantitative estimate of drug-likeness (QED) is 0.710. The monoisotopic (exact) mass is 299 g/mol. The van der Waals surface area contributed by atoms with Gasteiger partial charge in [-0.1, -0.05) is 13.8 Å². The number of halogens is 2. The van der Waals surface area contributed by atoms with E-state index in [4.69, 9.17) is 9.47 Å². The molecule has 0 aromatic heterocycles. The van der Waals surface area contributed by atoms with Crippen LogP contribution in [0.1, 0.15) is 32.3 Å². The predicted octanol–water partition coefficient (Wildman–Crippen LogP) is 3.27. The fraction of sp³-hybridized carbons (Fsp3) is 0.625. The van der Waals surface area contributed by atoms with Crippen molar-refractivity contribution in [1.82, 2.24) is 5.32 Å². The lowest BCUT2D eigenvalue weighted by atomic mass is 10.2. The second-order valence-corrected chi connectivity index (χ2v) is 5.86. The smallest absolute Gasteiger partial charge is 0.190 e. The first-order valence-electron chi connectivity index (χ1n) is 7.48. The van der Waals surface area contributed by atoms with Crippen molar-refractivity contribution in [3.8, 4) is 5.75 Å². The third-order valence-corrected chi connectivity index (χ3v) is 3.16. The first-order chi connectivity index (χ1) is 10.1. The van der Waals surface area contributed by atoms with E-state index >= 15 is 0 Å². The van der Waals surface area contributed by atoms with Crippen molar-refractivity contribution in [1.29, 1.82) is 0 Å². The van der Waals surface area contributed by atoms with Crippen LogP contribution in [0.4, 0.5) is 8.78 Å². The normalized spacial score (nSPS) is 14.7. The van der Waals surface area contributed by atoms with Crippen molar-refractivity contribution >= 4 is 0 Å². The molecule has 1 aromatic carbocycles. The van der Waals surface area contributed by atoms with E-state index in [1.165, 1.54) is 12.1 Å². The Morgan fingerprint density at radius 3 is 2.43 bits per heavy atom. The van der Waals surface area contributed by atoms with E-state index in [-0.39, 0.29) is 12.4 Å². The van der Waals surface area contributed by atoms with E-state index in [1.807, 2.05) is 13.8 Å². The maximum atomic E-state index is 13.9. The SMILES string of the molecule is CC(C)COCCOc1c(F)cc(CNC2CC2)cc1F. The zero-order valence-electron chi connectivity index (χ0n) is 12.6. The fourth-order valence-corrected chi connectivity index (χ4v) is 1.92. The lowest BCUT2D eigenvalue weighted by molar-refractivity contribution is 0.0795. The number of nitrogens with one attached hydrogen (secondary N) is 1. The molecule has 2 rings (SSSR count). The van der Waals surface area contributed by atoms with Gasteiger partial charge in [-0.25, -0.2) is 8.78 Å². The van der Waals surface area contributed by atoms with Crippen LogP contribution < -0.4 is 10.1 Å². The summed E-state index contributed by atoms with van der Waals surface area (Å²) in [5.74, 6) is -1.21. The van der Waals surface area contributed by atoms with Gasteiger partial charge in [0.05, 0.1) is 6.61 Å². The number of ether oxygens (including phenoxy) is 2. The maximum Gasteiger partial charge on any atom is 0.190 e. The van der Waals surface area contributed by atoms with Gasteiger partial charge in [0.15, 0.2) is 17.4 Å². The lowest BCUT2D eigenvalue weighted by Gasteiger charge is -2.11. The third-order valence-electron chi connectivity index (χ3n) is 3.16. The van der Waals surface area contributed by atoms with Crippen molar-refractivity contribution in [2.75, 3.05) is 19.8 Å². The summed E-state index contributed by atoms with van der Waals surface area (Å²) in [5, 5.41) is 3.22. The van der Waals surface area contributed by atoms with E-state index in [0.717, 1.165) is 12.8 Å². The summed E-state index contributed by atoms with van der Waals surface area (Å²) in [6, 6.07) is 3.15. The van der Waals surface area contributed by atoms with Crippen LogP contribution in [0.3, 0.4) is 0 Å². The average Bonchev–Trinajstić information content (AvgIpc) is 3.22. The molecule has 0 heterocycles. The Kier molecular flexibility index (Phi) is 5.94. The van der Waals surface area contributed by atoms with Gasteiger partial charge >= 0.3 is 0 Å². The molecule has 1 fully saturated rings. The van der Waals surface area contributed by atoms with Gasteiger partial charge in [0, 0.05) is 19.2 Å². The molecule has 0 atom stereocenters. The molecule has 0 amide bonds. The molecule has 1 saturated carbocycles. The molecule has 1 aliphatic carbocycles. The Bertz CT molecular complexity index is 439. The van der Waals surface area contributed by atoms with E-state index in [2.05, 4.69) is 5.32 Å². The maximum absolute atomic E-state index is 13.9. The van der Waals surface area contributed by atoms with Gasteiger partial charge in [0.2, 0.25) is 0 Å². The highest BCUT2D eigenvalue weighted by atomic mass is 19.1. The van der Waals surface area contributed by atoms with Gasteiger partial charge in [-0.3, -0.25) is 0 Å². The molecule has 0 spiro atoms. The number of hydrogen-bond acceptors (Lipinski definition) is 3. The first kappa shape index (κ1) is 16.2. The molecule has 1 N–H and O–H groups in total. The van der Waals surface area contributed by atoms with Gasteiger partial charge in [-0.15, -0.1) is 0 Å². The molecule has 5 heteroatoms. The Balaban J connectivity index is 1.81. The molecule has 118 valence electrons. The highest BCUT2D eigenvalue weighted by molar-refractivity contribution is 5.31. The molecule has 1 aromatic rings. The minimum atomic E-state index is -0.661. The third kappa shape index (κ3) is 5.59. The predicted molar refractivity (Wildman–Crippen MR) is 77.4 cm³/mol. The van der Waals surface area contributed by atoms with Gasteiger partial charge < -0.3 is 14.8 Å². The summed E-state index contributed by atoms with van der Waals surface area (Å²) < 4.78 is 38.2. The van der Waals surface area contributed by atoms with Gasteiger partial charge in [-0.2, -0.15) is 0 Å². The van der Waals surface area contributed by atoms with Crippen molar-refractivity contribution in [3.63, 3.8) is 0 Å². The van der Waals surface area contributed by atoms with Crippen LogP contribution in [0.2, 0.25) is 0 Å².